The van der Waals surface area contributed by atoms with Crippen molar-refractivity contribution < 1.29 is 18.9 Å². The van der Waals surface area contributed by atoms with Gasteiger partial charge in [-0.1, -0.05) is 44.2 Å². The lowest BCUT2D eigenvalue weighted by molar-refractivity contribution is -0.0322. The zero-order valence-electron chi connectivity index (χ0n) is 12.9. The molecule has 0 amide bonds. The molecule has 1 aromatic rings. The van der Waals surface area contributed by atoms with Gasteiger partial charge in [-0.3, -0.25) is 0 Å². The molecule has 2 aliphatic rings. The van der Waals surface area contributed by atoms with E-state index in [0.717, 1.165) is 6.61 Å². The molecule has 0 spiro atoms. The maximum absolute atomic E-state index is 5.60. The van der Waals surface area contributed by atoms with Gasteiger partial charge in [-0.25, -0.2) is 0 Å². The van der Waals surface area contributed by atoms with Crippen LogP contribution in [-0.2, 0) is 25.6 Å². The van der Waals surface area contributed by atoms with Crippen LogP contribution in [0.2, 0.25) is 0 Å². The standard InChI is InChI=1S/C12H14O3.C2H6O.C2H6/c1-2-4-9(5-3-1)6-13-7-10-12-11(15-12)8-14-10;1-3-2;1-2/h1-5,10-12H,6-8H2;1-2H3;1-2H3. The molecule has 0 aliphatic carbocycles. The fourth-order valence-corrected chi connectivity index (χ4v) is 1.94. The summed E-state index contributed by atoms with van der Waals surface area (Å²) in [6.07, 6.45) is 0.815. The van der Waals surface area contributed by atoms with Gasteiger partial charge < -0.3 is 18.9 Å². The van der Waals surface area contributed by atoms with Gasteiger partial charge in [0.05, 0.1) is 19.8 Å². The zero-order chi connectivity index (χ0) is 14.8. The minimum Gasteiger partial charge on any atom is -0.388 e. The Morgan fingerprint density at radius 1 is 1.15 bits per heavy atom. The SMILES string of the molecule is CC.COC.c1ccc(COCC2OCC3OC23)cc1. The summed E-state index contributed by atoms with van der Waals surface area (Å²) < 4.78 is 20.7. The fourth-order valence-electron chi connectivity index (χ4n) is 1.94. The Morgan fingerprint density at radius 3 is 2.30 bits per heavy atom. The number of rotatable bonds is 4. The number of benzene rings is 1. The second kappa shape index (κ2) is 9.88. The lowest BCUT2D eigenvalue weighted by Gasteiger charge is -2.11. The van der Waals surface area contributed by atoms with Gasteiger partial charge in [0.15, 0.2) is 0 Å². The van der Waals surface area contributed by atoms with Gasteiger partial charge in [-0.2, -0.15) is 0 Å². The van der Waals surface area contributed by atoms with Crippen molar-refractivity contribution in [3.8, 4) is 0 Å². The average Bonchev–Trinajstić information content (AvgIpc) is 3.18. The normalized spacial score (nSPS) is 25.7. The summed E-state index contributed by atoms with van der Waals surface area (Å²) in [7, 11) is 3.25. The molecule has 1 aromatic carbocycles. The minimum atomic E-state index is 0.152. The largest absolute Gasteiger partial charge is 0.388 e. The monoisotopic (exact) mass is 282 g/mol. The minimum absolute atomic E-state index is 0.152. The highest BCUT2D eigenvalue weighted by molar-refractivity contribution is 5.13. The van der Waals surface area contributed by atoms with Crippen molar-refractivity contribution in [1.29, 1.82) is 0 Å². The zero-order valence-corrected chi connectivity index (χ0v) is 12.9. The van der Waals surface area contributed by atoms with E-state index in [9.17, 15) is 0 Å². The lowest BCUT2D eigenvalue weighted by atomic mass is 10.2. The smallest absolute Gasteiger partial charge is 0.115 e. The third-order valence-electron chi connectivity index (χ3n) is 2.86. The highest BCUT2D eigenvalue weighted by Gasteiger charge is 2.51. The highest BCUT2D eigenvalue weighted by Crippen LogP contribution is 2.34. The molecule has 2 saturated heterocycles. The van der Waals surface area contributed by atoms with E-state index in [2.05, 4.69) is 16.9 Å². The molecule has 20 heavy (non-hydrogen) atoms. The maximum atomic E-state index is 5.60. The van der Waals surface area contributed by atoms with Crippen LogP contribution in [0.15, 0.2) is 30.3 Å². The van der Waals surface area contributed by atoms with Gasteiger partial charge in [-0.15, -0.1) is 0 Å². The molecule has 4 nitrogen and oxygen atoms in total. The van der Waals surface area contributed by atoms with Crippen LogP contribution in [-0.4, -0.2) is 45.7 Å². The first-order chi connectivity index (χ1) is 9.85. The van der Waals surface area contributed by atoms with Crippen molar-refractivity contribution in [2.45, 2.75) is 38.8 Å². The summed E-state index contributed by atoms with van der Waals surface area (Å²) in [4.78, 5) is 0. The fraction of sp³-hybridized carbons (Fsp3) is 0.625. The molecule has 2 aliphatic heterocycles. The van der Waals surface area contributed by atoms with Gasteiger partial charge in [0, 0.05) is 14.2 Å². The van der Waals surface area contributed by atoms with E-state index >= 15 is 0 Å². The lowest BCUT2D eigenvalue weighted by Crippen LogP contribution is -2.21. The summed E-state index contributed by atoms with van der Waals surface area (Å²) in [5.74, 6) is 0. The Balaban J connectivity index is 0.000000357. The molecule has 0 radical (unpaired) electrons. The van der Waals surface area contributed by atoms with E-state index < -0.39 is 0 Å². The van der Waals surface area contributed by atoms with Crippen LogP contribution in [0.25, 0.3) is 0 Å². The van der Waals surface area contributed by atoms with E-state index in [0.29, 0.717) is 25.4 Å². The molecule has 3 rings (SSSR count). The van der Waals surface area contributed by atoms with Crippen LogP contribution in [0.4, 0.5) is 0 Å². The van der Waals surface area contributed by atoms with E-state index in [4.69, 9.17) is 14.2 Å². The second-order valence-electron chi connectivity index (χ2n) is 4.42. The summed E-state index contributed by atoms with van der Waals surface area (Å²) in [6, 6.07) is 10.2. The molecule has 0 N–H and O–H groups in total. The molecule has 0 bridgehead atoms. The van der Waals surface area contributed by atoms with Gasteiger partial charge in [0.1, 0.15) is 18.3 Å². The van der Waals surface area contributed by atoms with Crippen LogP contribution in [0.1, 0.15) is 19.4 Å². The maximum Gasteiger partial charge on any atom is 0.115 e. The molecule has 3 atom stereocenters. The first kappa shape index (κ1) is 17.1. The molecule has 3 unspecified atom stereocenters. The van der Waals surface area contributed by atoms with Crippen LogP contribution in [0.3, 0.4) is 0 Å². The molecule has 0 saturated carbocycles. The molecule has 2 fully saturated rings. The van der Waals surface area contributed by atoms with Gasteiger partial charge in [-0.05, 0) is 5.56 Å². The summed E-state index contributed by atoms with van der Waals surface area (Å²) in [5, 5.41) is 0. The van der Waals surface area contributed by atoms with Crippen molar-refractivity contribution in [2.24, 2.45) is 0 Å². The Hall–Kier alpha value is -0.940. The van der Waals surface area contributed by atoms with Crippen LogP contribution in [0.5, 0.6) is 0 Å². The number of hydrogen-bond donors (Lipinski definition) is 0. The van der Waals surface area contributed by atoms with Gasteiger partial charge in [0.2, 0.25) is 0 Å². The van der Waals surface area contributed by atoms with E-state index in [1.54, 1.807) is 14.2 Å². The van der Waals surface area contributed by atoms with Crippen molar-refractivity contribution in [3.05, 3.63) is 35.9 Å². The third-order valence-corrected chi connectivity index (χ3v) is 2.86. The number of methoxy groups -OCH3 is 1. The number of hydrogen-bond acceptors (Lipinski definition) is 4. The van der Waals surface area contributed by atoms with E-state index in [-0.39, 0.29) is 6.10 Å². The predicted molar refractivity (Wildman–Crippen MR) is 78.8 cm³/mol. The second-order valence-corrected chi connectivity index (χ2v) is 4.42. The van der Waals surface area contributed by atoms with Crippen molar-refractivity contribution in [2.75, 3.05) is 27.4 Å². The molecule has 2 heterocycles. The molecule has 0 aromatic heterocycles. The number of ether oxygens (including phenoxy) is 4. The Bertz CT molecular complexity index is 342. The van der Waals surface area contributed by atoms with Gasteiger partial charge in [0.25, 0.3) is 0 Å². The Morgan fingerprint density at radius 2 is 1.80 bits per heavy atom. The van der Waals surface area contributed by atoms with Crippen molar-refractivity contribution >= 4 is 0 Å². The van der Waals surface area contributed by atoms with E-state index in [1.165, 1.54) is 5.56 Å². The third kappa shape index (κ3) is 5.59. The van der Waals surface area contributed by atoms with Gasteiger partial charge >= 0.3 is 0 Å². The van der Waals surface area contributed by atoms with Crippen molar-refractivity contribution in [1.82, 2.24) is 0 Å². The molecule has 4 heteroatoms. The summed E-state index contributed by atoms with van der Waals surface area (Å²) in [6.45, 7) is 6.03. The topological polar surface area (TPSA) is 40.2 Å². The first-order valence-electron chi connectivity index (χ1n) is 7.14. The predicted octanol–water partition coefficient (Wildman–Crippen LogP) is 2.66. The Kier molecular flexibility index (Phi) is 8.46. The summed E-state index contributed by atoms with van der Waals surface area (Å²) in [5.41, 5.74) is 1.20. The average molecular weight is 282 g/mol. The Labute approximate surface area is 122 Å². The molecular formula is C16H26O4. The molecular weight excluding hydrogens is 256 g/mol. The quantitative estimate of drug-likeness (QED) is 0.796. The summed E-state index contributed by atoms with van der Waals surface area (Å²) >= 11 is 0. The van der Waals surface area contributed by atoms with Crippen LogP contribution < -0.4 is 0 Å². The first-order valence-corrected chi connectivity index (χ1v) is 7.14. The molecule has 114 valence electrons. The van der Waals surface area contributed by atoms with Crippen LogP contribution >= 0.6 is 0 Å². The van der Waals surface area contributed by atoms with E-state index in [1.807, 2.05) is 32.0 Å². The number of epoxide rings is 1. The number of fused-ring (bicyclic) bond motifs is 1. The van der Waals surface area contributed by atoms with Crippen LogP contribution in [0, 0.1) is 0 Å². The highest BCUT2D eigenvalue weighted by atomic mass is 16.7. The van der Waals surface area contributed by atoms with Crippen molar-refractivity contribution in [3.63, 3.8) is 0 Å².